The van der Waals surface area contributed by atoms with Gasteiger partial charge in [0, 0.05) is 22.9 Å². The van der Waals surface area contributed by atoms with Crippen molar-refractivity contribution in [1.82, 2.24) is 4.98 Å². The lowest BCUT2D eigenvalue weighted by atomic mass is 9.82. The molecule has 6 aromatic rings. The van der Waals surface area contributed by atoms with E-state index >= 15 is 0 Å². The van der Waals surface area contributed by atoms with Gasteiger partial charge in [-0.15, -0.1) is 11.3 Å². The molecule has 186 valence electrons. The topological polar surface area (TPSA) is 26.0 Å². The third kappa shape index (κ3) is 4.26. The summed E-state index contributed by atoms with van der Waals surface area (Å²) in [7, 11) is 0. The molecular formula is C34H33NOS. The van der Waals surface area contributed by atoms with Crippen molar-refractivity contribution in [3.8, 4) is 22.4 Å². The van der Waals surface area contributed by atoms with Gasteiger partial charge in [0.1, 0.15) is 11.3 Å². The van der Waals surface area contributed by atoms with Crippen molar-refractivity contribution < 1.29 is 4.42 Å². The van der Waals surface area contributed by atoms with Crippen molar-refractivity contribution in [1.29, 1.82) is 0 Å². The first-order valence-electron chi connectivity index (χ1n) is 13.1. The molecule has 3 heteroatoms. The summed E-state index contributed by atoms with van der Waals surface area (Å²) < 4.78 is 7.47. The van der Waals surface area contributed by atoms with E-state index in [0.29, 0.717) is 5.92 Å². The Morgan fingerprint density at radius 3 is 2.49 bits per heavy atom. The average Bonchev–Trinajstić information content (AvgIpc) is 3.46. The lowest BCUT2D eigenvalue weighted by Gasteiger charge is -2.23. The first-order chi connectivity index (χ1) is 17.7. The largest absolute Gasteiger partial charge is 0.461 e. The lowest BCUT2D eigenvalue weighted by Crippen LogP contribution is -2.12. The predicted octanol–water partition coefficient (Wildman–Crippen LogP) is 10.3. The van der Waals surface area contributed by atoms with Crippen LogP contribution in [0.3, 0.4) is 0 Å². The maximum atomic E-state index is 6.24. The van der Waals surface area contributed by atoms with Gasteiger partial charge in [0.15, 0.2) is 0 Å². The average molecular weight is 504 g/mol. The Labute approximate surface area is 223 Å². The lowest BCUT2D eigenvalue weighted by molar-refractivity contribution is 0.496. The van der Waals surface area contributed by atoms with Crippen LogP contribution in [0.1, 0.15) is 51.5 Å². The molecular weight excluding hydrogens is 470 g/mol. The fourth-order valence-electron chi connectivity index (χ4n) is 5.40. The first kappa shape index (κ1) is 23.9. The molecule has 0 atom stereocenters. The molecule has 37 heavy (non-hydrogen) atoms. The number of hydrogen-bond acceptors (Lipinski definition) is 3. The number of furan rings is 1. The molecule has 0 saturated carbocycles. The zero-order chi connectivity index (χ0) is 25.9. The summed E-state index contributed by atoms with van der Waals surface area (Å²) in [5.74, 6) is 1.66. The quantitative estimate of drug-likeness (QED) is 0.239. The Hall–Kier alpha value is -3.43. The van der Waals surface area contributed by atoms with Crippen molar-refractivity contribution >= 4 is 43.3 Å². The maximum Gasteiger partial charge on any atom is 0.134 e. The summed E-state index contributed by atoms with van der Waals surface area (Å²) in [5, 5.41) is 5.92. The van der Waals surface area contributed by atoms with Crippen LogP contribution in [0.2, 0.25) is 0 Å². The summed E-state index contributed by atoms with van der Waals surface area (Å²) in [6, 6.07) is 24.4. The van der Waals surface area contributed by atoms with Gasteiger partial charge in [-0.25, -0.2) is 4.98 Å². The van der Waals surface area contributed by atoms with Crippen molar-refractivity contribution in [2.75, 3.05) is 0 Å². The van der Waals surface area contributed by atoms with Gasteiger partial charge in [-0.2, -0.15) is 0 Å². The zero-order valence-electron chi connectivity index (χ0n) is 22.5. The molecule has 0 aliphatic heterocycles. The molecule has 0 N–H and O–H groups in total. The minimum absolute atomic E-state index is 0.0302. The number of aromatic nitrogens is 1. The number of thiophene rings is 1. The molecule has 2 nitrogen and oxygen atoms in total. The number of pyridine rings is 1. The Morgan fingerprint density at radius 1 is 0.892 bits per heavy atom. The van der Waals surface area contributed by atoms with Crippen LogP contribution < -0.4 is 0 Å². The normalized spacial score (nSPS) is 12.4. The van der Waals surface area contributed by atoms with Crippen LogP contribution in [-0.4, -0.2) is 4.98 Å². The second-order valence-corrected chi connectivity index (χ2v) is 12.6. The molecule has 0 spiro atoms. The Bertz CT molecular complexity index is 1780. The maximum absolute atomic E-state index is 6.24. The summed E-state index contributed by atoms with van der Waals surface area (Å²) in [6.45, 7) is 13.5. The van der Waals surface area contributed by atoms with Crippen molar-refractivity contribution in [3.05, 3.63) is 89.0 Å². The van der Waals surface area contributed by atoms with E-state index in [1.54, 1.807) is 11.3 Å². The second-order valence-electron chi connectivity index (χ2n) is 11.6. The number of aryl methyl sites for hydroxylation is 1. The fourth-order valence-corrected chi connectivity index (χ4v) is 6.27. The summed E-state index contributed by atoms with van der Waals surface area (Å²) in [4.78, 5) is 5.13. The molecule has 0 aliphatic rings. The number of hydrogen-bond donors (Lipinski definition) is 0. The third-order valence-corrected chi connectivity index (χ3v) is 8.25. The molecule has 0 radical (unpaired) electrons. The smallest absolute Gasteiger partial charge is 0.134 e. The standard InChI is InChI=1S/C34H33NOS/c1-20(2)15-32-21(3)26-17-23(11-12-31(26)36-32)27-19-30(35-29-13-14-37-33(27)29)24-16-22-9-7-8-10-25(22)28(18-24)34(4,5)6/h7-14,16-20H,15H2,1-6H3. The Balaban J connectivity index is 1.55. The first-order valence-corrected chi connectivity index (χ1v) is 14.0. The van der Waals surface area contributed by atoms with Crippen molar-refractivity contribution in [3.63, 3.8) is 0 Å². The fraction of sp³-hybridized carbons (Fsp3) is 0.265. The van der Waals surface area contributed by atoms with Crippen LogP contribution in [0.25, 0.3) is 54.3 Å². The van der Waals surface area contributed by atoms with E-state index in [9.17, 15) is 0 Å². The molecule has 0 saturated heterocycles. The van der Waals surface area contributed by atoms with Crippen LogP contribution in [0.15, 0.2) is 76.5 Å². The molecule has 3 heterocycles. The highest BCUT2D eigenvalue weighted by Crippen LogP contribution is 2.40. The summed E-state index contributed by atoms with van der Waals surface area (Å²) in [5.41, 5.74) is 9.27. The van der Waals surface area contributed by atoms with E-state index in [1.165, 1.54) is 43.1 Å². The Kier molecular flexibility index (Phi) is 5.72. The number of fused-ring (bicyclic) bond motifs is 3. The minimum atomic E-state index is 0.0302. The zero-order valence-corrected chi connectivity index (χ0v) is 23.3. The van der Waals surface area contributed by atoms with Crippen molar-refractivity contribution in [2.45, 2.75) is 53.4 Å². The predicted molar refractivity (Wildman–Crippen MR) is 160 cm³/mol. The van der Waals surface area contributed by atoms with Gasteiger partial charge in [0.05, 0.1) is 15.9 Å². The highest BCUT2D eigenvalue weighted by atomic mass is 32.1. The Morgan fingerprint density at radius 2 is 1.70 bits per heavy atom. The molecule has 0 fully saturated rings. The second kappa shape index (κ2) is 8.85. The molecule has 0 bridgehead atoms. The molecule has 0 amide bonds. The van der Waals surface area contributed by atoms with Crippen LogP contribution in [-0.2, 0) is 11.8 Å². The van der Waals surface area contributed by atoms with Crippen LogP contribution >= 0.6 is 11.3 Å². The highest BCUT2D eigenvalue weighted by Gasteiger charge is 2.20. The van der Waals surface area contributed by atoms with Gasteiger partial charge in [0.2, 0.25) is 0 Å². The van der Waals surface area contributed by atoms with Crippen LogP contribution in [0.5, 0.6) is 0 Å². The van der Waals surface area contributed by atoms with E-state index in [4.69, 9.17) is 9.40 Å². The molecule has 0 unspecified atom stereocenters. The monoisotopic (exact) mass is 503 g/mol. The van der Waals surface area contributed by atoms with Gasteiger partial charge < -0.3 is 4.42 Å². The van der Waals surface area contributed by atoms with E-state index < -0.39 is 0 Å². The van der Waals surface area contributed by atoms with E-state index in [0.717, 1.165) is 34.5 Å². The van der Waals surface area contributed by atoms with Crippen LogP contribution in [0.4, 0.5) is 0 Å². The van der Waals surface area contributed by atoms with Gasteiger partial charge in [0.25, 0.3) is 0 Å². The van der Waals surface area contributed by atoms with E-state index in [1.807, 2.05) is 0 Å². The summed E-state index contributed by atoms with van der Waals surface area (Å²) >= 11 is 1.76. The van der Waals surface area contributed by atoms with E-state index in [-0.39, 0.29) is 5.41 Å². The van der Waals surface area contributed by atoms with E-state index in [2.05, 4.69) is 114 Å². The molecule has 0 aliphatic carbocycles. The van der Waals surface area contributed by atoms with Gasteiger partial charge in [-0.3, -0.25) is 0 Å². The number of rotatable bonds is 4. The van der Waals surface area contributed by atoms with Gasteiger partial charge >= 0.3 is 0 Å². The minimum Gasteiger partial charge on any atom is -0.461 e. The SMILES string of the molecule is Cc1c(CC(C)C)oc2ccc(-c3cc(-c4cc(C(C)(C)C)c5ccccc5c4)nc4ccsc34)cc12. The highest BCUT2D eigenvalue weighted by molar-refractivity contribution is 7.17. The number of nitrogens with zero attached hydrogens (tertiary/aromatic N) is 1. The van der Waals surface area contributed by atoms with Gasteiger partial charge in [-0.05, 0) is 87.5 Å². The molecule has 6 rings (SSSR count). The molecule has 3 aromatic carbocycles. The third-order valence-electron chi connectivity index (χ3n) is 7.32. The van der Waals surface area contributed by atoms with Gasteiger partial charge in [-0.1, -0.05) is 65.0 Å². The summed E-state index contributed by atoms with van der Waals surface area (Å²) in [6.07, 6.45) is 0.961. The number of benzene rings is 3. The van der Waals surface area contributed by atoms with Crippen LogP contribution in [0, 0.1) is 12.8 Å². The van der Waals surface area contributed by atoms with Crippen molar-refractivity contribution in [2.24, 2.45) is 5.92 Å². The molecule has 3 aromatic heterocycles.